The van der Waals surface area contributed by atoms with Gasteiger partial charge in [-0.2, -0.15) is 0 Å². The van der Waals surface area contributed by atoms with Crippen LogP contribution in [-0.4, -0.2) is 91.0 Å². The van der Waals surface area contributed by atoms with Gasteiger partial charge in [0.25, 0.3) is 0 Å². The third kappa shape index (κ3) is 13.3. The van der Waals surface area contributed by atoms with Gasteiger partial charge in [-0.1, -0.05) is 0 Å². The van der Waals surface area contributed by atoms with E-state index in [4.69, 9.17) is 38.9 Å². The molecule has 38 heavy (non-hydrogen) atoms. The number of rotatable bonds is 22. The highest BCUT2D eigenvalue weighted by Crippen LogP contribution is 2.45. The quantitative estimate of drug-likeness (QED) is 0.122. The molecule has 0 atom stereocenters. The molecule has 230 valence electrons. The van der Waals surface area contributed by atoms with Crippen molar-refractivity contribution in [3.63, 3.8) is 0 Å². The summed E-state index contributed by atoms with van der Waals surface area (Å²) in [4.78, 5) is 0. The Hall–Kier alpha value is 0.941. The second-order valence-corrected chi connectivity index (χ2v) is 34.9. The van der Waals surface area contributed by atoms with Gasteiger partial charge in [0.05, 0.1) is 0 Å². The van der Waals surface area contributed by atoms with E-state index in [1.165, 1.54) is 0 Å². The van der Waals surface area contributed by atoms with E-state index >= 15 is 0 Å². The van der Waals surface area contributed by atoms with Gasteiger partial charge in [0.15, 0.2) is 25.0 Å². The summed E-state index contributed by atoms with van der Waals surface area (Å²) in [5, 5.41) is -0.481. The molecule has 0 N–H and O–H groups in total. The molecule has 0 saturated heterocycles. The van der Waals surface area contributed by atoms with E-state index in [0.717, 1.165) is 0 Å². The second kappa shape index (κ2) is 16.5. The summed E-state index contributed by atoms with van der Waals surface area (Å²) in [5.74, 6) is 0. The van der Waals surface area contributed by atoms with E-state index in [2.05, 4.69) is 58.9 Å². The minimum atomic E-state index is -3.48. The van der Waals surface area contributed by atoms with Crippen molar-refractivity contribution in [2.75, 3.05) is 39.6 Å². The van der Waals surface area contributed by atoms with E-state index in [-0.39, 0.29) is 0 Å². The SMILES string of the molecule is CCO[Si](OCC)(OCC)C(C[Si](O[Si](C)(C)C)(O[Si](C)(C)C)O[Si](C)(C)C)[Si](OCC)(OCC)OCC. The summed E-state index contributed by atoms with van der Waals surface area (Å²) in [6, 6.07) is 0.393. The fourth-order valence-electron chi connectivity index (χ4n) is 4.36. The van der Waals surface area contributed by atoms with Crippen molar-refractivity contribution in [2.45, 2.75) is 112 Å². The maximum atomic E-state index is 7.08. The van der Waals surface area contributed by atoms with Crippen LogP contribution >= 0.6 is 0 Å². The molecule has 0 aliphatic carbocycles. The van der Waals surface area contributed by atoms with Crippen LogP contribution in [0.25, 0.3) is 0 Å². The van der Waals surface area contributed by atoms with Crippen LogP contribution in [0, 0.1) is 0 Å². The monoisotopic (exact) mass is 648 g/mol. The molecule has 0 unspecified atom stereocenters. The van der Waals surface area contributed by atoms with Crippen molar-refractivity contribution in [3.8, 4) is 0 Å². The number of hydrogen-bond donors (Lipinski definition) is 0. The van der Waals surface area contributed by atoms with Crippen LogP contribution in [0.1, 0.15) is 41.5 Å². The zero-order chi connectivity index (χ0) is 29.9. The first-order valence-corrected chi connectivity index (χ1v) is 30.0. The van der Waals surface area contributed by atoms with Crippen molar-refractivity contribution in [2.24, 2.45) is 0 Å². The van der Waals surface area contributed by atoms with Crippen LogP contribution in [0.2, 0.25) is 70.1 Å². The highest BCUT2D eigenvalue weighted by Gasteiger charge is 2.70. The fraction of sp³-hybridized carbons (Fsp3) is 1.00. The second-order valence-electron chi connectivity index (χ2n) is 11.9. The normalized spacial score (nSPS) is 14.5. The molecule has 9 nitrogen and oxygen atoms in total. The molecule has 0 heterocycles. The summed E-state index contributed by atoms with van der Waals surface area (Å²) in [6.07, 6.45) is 0. The summed E-state index contributed by atoms with van der Waals surface area (Å²) in [5.41, 5.74) is 0. The lowest BCUT2D eigenvalue weighted by molar-refractivity contribution is 0.0327. The molecule has 0 bridgehead atoms. The molecule has 0 aromatic heterocycles. The Morgan fingerprint density at radius 3 is 0.763 bits per heavy atom. The molecule has 0 aliphatic heterocycles. The van der Waals surface area contributed by atoms with Gasteiger partial charge in [-0.15, -0.1) is 0 Å². The molecule has 0 amide bonds. The lowest BCUT2D eigenvalue weighted by atomic mass is 10.9. The van der Waals surface area contributed by atoms with Gasteiger partial charge < -0.3 is 38.9 Å². The summed E-state index contributed by atoms with van der Waals surface area (Å²) >= 11 is 0. The van der Waals surface area contributed by atoms with E-state index in [9.17, 15) is 0 Å². The molecular weight excluding hydrogens is 589 g/mol. The van der Waals surface area contributed by atoms with E-state index in [1.54, 1.807) is 0 Å². The van der Waals surface area contributed by atoms with Crippen molar-refractivity contribution in [1.82, 2.24) is 0 Å². The third-order valence-electron chi connectivity index (χ3n) is 4.77. The molecule has 0 spiro atoms. The molecule has 0 rings (SSSR count). The highest BCUT2D eigenvalue weighted by atomic mass is 28.5. The van der Waals surface area contributed by atoms with E-state index in [0.29, 0.717) is 45.7 Å². The average Bonchev–Trinajstić information content (AvgIpc) is 2.69. The van der Waals surface area contributed by atoms with Crippen molar-refractivity contribution in [1.29, 1.82) is 0 Å². The predicted octanol–water partition coefficient (Wildman–Crippen LogP) is 6.49. The Balaban J connectivity index is 7.63. The fourth-order valence-corrected chi connectivity index (χ4v) is 29.5. The van der Waals surface area contributed by atoms with Crippen molar-refractivity contribution < 1.29 is 38.9 Å². The average molecular weight is 649 g/mol. The smallest absolute Gasteiger partial charge is 0.417 e. The molecule has 0 saturated carbocycles. The molecule has 0 radical (unpaired) electrons. The molecule has 0 aromatic carbocycles. The Morgan fingerprint density at radius 2 is 0.605 bits per heavy atom. The van der Waals surface area contributed by atoms with Gasteiger partial charge in [0.1, 0.15) is 5.16 Å². The Morgan fingerprint density at radius 1 is 0.395 bits per heavy atom. The summed E-state index contributed by atoms with van der Waals surface area (Å²) < 4.78 is 60.4. The first-order chi connectivity index (χ1) is 17.3. The van der Waals surface area contributed by atoms with Crippen LogP contribution in [0.5, 0.6) is 0 Å². The summed E-state index contributed by atoms with van der Waals surface area (Å²) in [6.45, 7) is 33.9. The maximum absolute atomic E-state index is 7.08. The van der Waals surface area contributed by atoms with Crippen LogP contribution in [0.3, 0.4) is 0 Å². The minimum Gasteiger partial charge on any atom is -0.417 e. The molecule has 0 aliphatic rings. The Labute approximate surface area is 241 Å². The van der Waals surface area contributed by atoms with Gasteiger partial charge in [0.2, 0.25) is 0 Å². The first-order valence-electron chi connectivity index (χ1n) is 14.3. The van der Waals surface area contributed by atoms with Crippen LogP contribution in [0.15, 0.2) is 0 Å². The van der Waals surface area contributed by atoms with Gasteiger partial charge in [-0.3, -0.25) is 0 Å². The van der Waals surface area contributed by atoms with E-state index in [1.807, 2.05) is 41.5 Å². The molecule has 0 aromatic rings. The Bertz CT molecular complexity index is 552. The molecular formula is C23H60O9Si6. The lowest BCUT2D eigenvalue weighted by Crippen LogP contribution is -2.69. The first kappa shape index (κ1) is 38.9. The topological polar surface area (TPSA) is 83.1 Å². The maximum Gasteiger partial charge on any atom is 0.508 e. The van der Waals surface area contributed by atoms with Gasteiger partial charge >= 0.3 is 26.4 Å². The van der Waals surface area contributed by atoms with Gasteiger partial charge in [-0.05, 0) is 100 Å². The number of hydrogen-bond acceptors (Lipinski definition) is 9. The third-order valence-corrected chi connectivity index (χ3v) is 26.0. The highest BCUT2D eigenvalue weighted by molar-refractivity contribution is 6.92. The van der Waals surface area contributed by atoms with Crippen LogP contribution < -0.4 is 0 Å². The molecule has 15 heteroatoms. The van der Waals surface area contributed by atoms with E-state index < -0.39 is 56.5 Å². The minimum absolute atomic E-state index is 0.393. The largest absolute Gasteiger partial charge is 0.508 e. The van der Waals surface area contributed by atoms with Gasteiger partial charge in [-0.25, -0.2) is 0 Å². The van der Waals surface area contributed by atoms with Gasteiger partial charge in [0, 0.05) is 45.7 Å². The van der Waals surface area contributed by atoms with Crippen molar-refractivity contribution in [3.05, 3.63) is 0 Å². The van der Waals surface area contributed by atoms with Crippen molar-refractivity contribution >= 4 is 51.4 Å². The zero-order valence-corrected chi connectivity index (χ0v) is 33.2. The zero-order valence-electron chi connectivity index (χ0n) is 27.2. The summed E-state index contributed by atoms with van der Waals surface area (Å²) in [7, 11) is -16.8. The van der Waals surface area contributed by atoms with Crippen LogP contribution in [-0.2, 0) is 38.9 Å². The molecule has 0 fully saturated rings. The Kier molecular flexibility index (Phi) is 17.0. The lowest BCUT2D eigenvalue weighted by Gasteiger charge is -2.48. The standard InChI is InChI=1S/C23H60O9Si6/c1-16-24-37(25-17-2,26-18-3)23(38(27-19-4,28-20-5)29-21-6)22-36(30-33(7,8)9,31-34(10,11)12)32-35(13,14)15/h23H,16-22H2,1-15H3. The van der Waals surface area contributed by atoms with Crippen LogP contribution in [0.4, 0.5) is 0 Å². The predicted molar refractivity (Wildman–Crippen MR) is 169 cm³/mol.